The summed E-state index contributed by atoms with van der Waals surface area (Å²) in [7, 11) is 0. The lowest BCUT2D eigenvalue weighted by molar-refractivity contribution is 0.0614. The molecule has 5 nitrogen and oxygen atoms in total. The Hall–Kier alpha value is -2.63. The van der Waals surface area contributed by atoms with Crippen LogP contribution in [0.3, 0.4) is 0 Å². The van der Waals surface area contributed by atoms with E-state index in [0.29, 0.717) is 12.2 Å². The quantitative estimate of drug-likeness (QED) is 0.590. The first-order valence-electron chi connectivity index (χ1n) is 12.0. The molecule has 0 bridgehead atoms. The van der Waals surface area contributed by atoms with E-state index in [0.717, 1.165) is 37.7 Å². The molecule has 0 radical (unpaired) electrons. The topological polar surface area (TPSA) is 87.0 Å². The molecule has 5 atom stereocenters. The third kappa shape index (κ3) is 3.98. The average molecular weight is 449 g/mol. The first-order chi connectivity index (χ1) is 15.9. The number of hydrogen-bond acceptors (Lipinski definition) is 4. The van der Waals surface area contributed by atoms with E-state index < -0.39 is 18.2 Å². The van der Waals surface area contributed by atoms with Crippen molar-refractivity contribution >= 4 is 5.97 Å². The van der Waals surface area contributed by atoms with Crippen LogP contribution in [0, 0.1) is 18.8 Å². The summed E-state index contributed by atoms with van der Waals surface area (Å²) in [5.41, 5.74) is 3.38. The van der Waals surface area contributed by atoms with Gasteiger partial charge in [-0.1, -0.05) is 54.5 Å². The minimum absolute atomic E-state index is 0.0902. The van der Waals surface area contributed by atoms with Crippen LogP contribution in [0.4, 0.5) is 0 Å². The Bertz CT molecular complexity index is 1070. The van der Waals surface area contributed by atoms with Crippen molar-refractivity contribution in [3.8, 4) is 5.75 Å². The van der Waals surface area contributed by atoms with Gasteiger partial charge in [-0.3, -0.25) is 0 Å². The first-order valence-corrected chi connectivity index (χ1v) is 12.0. The zero-order valence-electron chi connectivity index (χ0n) is 19.0. The van der Waals surface area contributed by atoms with Gasteiger partial charge >= 0.3 is 5.97 Å². The Morgan fingerprint density at radius 3 is 2.73 bits per heavy atom. The molecule has 0 aromatic heterocycles. The van der Waals surface area contributed by atoms with Crippen molar-refractivity contribution in [2.24, 2.45) is 11.8 Å². The Labute approximate surface area is 194 Å². The molecule has 2 saturated carbocycles. The van der Waals surface area contributed by atoms with E-state index in [-0.39, 0.29) is 28.9 Å². The van der Waals surface area contributed by atoms with Gasteiger partial charge in [0.1, 0.15) is 11.9 Å². The number of ether oxygens (including phenoxy) is 1. The second-order valence-electron chi connectivity index (χ2n) is 10.1. The summed E-state index contributed by atoms with van der Waals surface area (Å²) in [6.45, 7) is 2.08. The van der Waals surface area contributed by atoms with E-state index >= 15 is 0 Å². The zero-order chi connectivity index (χ0) is 23.2. The highest BCUT2D eigenvalue weighted by molar-refractivity contribution is 5.88. The van der Waals surface area contributed by atoms with Gasteiger partial charge in [0.05, 0.1) is 17.8 Å². The summed E-state index contributed by atoms with van der Waals surface area (Å²) in [4.78, 5) is 11.4. The zero-order valence-corrected chi connectivity index (χ0v) is 19.0. The minimum Gasteiger partial charge on any atom is -0.490 e. The normalized spacial score (nSPS) is 28.8. The molecule has 0 amide bonds. The predicted molar refractivity (Wildman–Crippen MR) is 126 cm³/mol. The van der Waals surface area contributed by atoms with Crippen LogP contribution in [0.25, 0.3) is 0 Å². The average Bonchev–Trinajstić information content (AvgIpc) is 2.92. The minimum atomic E-state index is -0.970. The van der Waals surface area contributed by atoms with Crippen LogP contribution >= 0.6 is 0 Å². The maximum absolute atomic E-state index is 11.4. The summed E-state index contributed by atoms with van der Waals surface area (Å²) in [5.74, 6) is -0.318. The van der Waals surface area contributed by atoms with Crippen LogP contribution in [-0.2, 0) is 11.8 Å². The van der Waals surface area contributed by atoms with Gasteiger partial charge in [-0.25, -0.2) is 4.79 Å². The molecular formula is C28H32O5. The van der Waals surface area contributed by atoms with E-state index in [1.54, 1.807) is 12.1 Å². The summed E-state index contributed by atoms with van der Waals surface area (Å²) in [6, 6.07) is 13.5. The molecule has 2 aliphatic carbocycles. The van der Waals surface area contributed by atoms with Crippen molar-refractivity contribution in [2.45, 2.75) is 69.2 Å². The van der Waals surface area contributed by atoms with Crippen LogP contribution in [0.1, 0.15) is 59.2 Å². The molecule has 2 aromatic carbocycles. The van der Waals surface area contributed by atoms with Gasteiger partial charge in [0, 0.05) is 23.7 Å². The summed E-state index contributed by atoms with van der Waals surface area (Å²) in [6.07, 6.45) is 7.80. The highest BCUT2D eigenvalue weighted by Crippen LogP contribution is 2.48. The summed E-state index contributed by atoms with van der Waals surface area (Å²) < 4.78 is 6.24. The Morgan fingerprint density at radius 2 is 2.03 bits per heavy atom. The standard InChI is InChI=1S/C28H32O5/c1-17-4-2-5-20(14-17)28(12-3-13-28)26(30)11-10-21-22-9-8-18-6-7-19(27(31)32)15-24(18)33-25(22)16-23(21)29/h2,4-7,10-11,14-15,21-23,25-26,29-30H,3,8-9,12-13,16H2,1H3,(H,31,32)/b11-10+/t21-,22-,23-,25+,26?/m1/s1. The van der Waals surface area contributed by atoms with Crippen LogP contribution in [0.15, 0.2) is 54.6 Å². The lowest BCUT2D eigenvalue weighted by Crippen LogP contribution is -2.44. The number of carboxylic acid groups (broad SMARTS) is 1. The monoisotopic (exact) mass is 448 g/mol. The maximum atomic E-state index is 11.4. The fraction of sp³-hybridized carbons (Fsp3) is 0.464. The maximum Gasteiger partial charge on any atom is 0.335 e. The van der Waals surface area contributed by atoms with E-state index in [1.165, 1.54) is 11.1 Å². The number of aromatic carboxylic acids is 1. The molecule has 1 aliphatic heterocycles. The largest absolute Gasteiger partial charge is 0.490 e. The van der Waals surface area contributed by atoms with Crippen molar-refractivity contribution < 1.29 is 24.9 Å². The van der Waals surface area contributed by atoms with Crippen LogP contribution in [0.2, 0.25) is 0 Å². The second kappa shape index (κ2) is 8.62. The van der Waals surface area contributed by atoms with E-state index in [1.807, 2.05) is 18.2 Å². The SMILES string of the molecule is Cc1cccc(C2(C(O)/C=C/[C@@H]3[C@H]4CCc5ccc(C(=O)O)cc5O[C@H]4C[C@H]3O)CCC2)c1. The number of benzene rings is 2. The molecule has 33 heavy (non-hydrogen) atoms. The number of aliphatic hydroxyl groups is 2. The molecule has 5 rings (SSSR count). The van der Waals surface area contributed by atoms with Gasteiger partial charge in [-0.15, -0.1) is 0 Å². The van der Waals surface area contributed by atoms with Crippen LogP contribution in [-0.4, -0.2) is 39.6 Å². The lowest BCUT2D eigenvalue weighted by Gasteiger charge is -2.45. The number of rotatable bonds is 5. The lowest BCUT2D eigenvalue weighted by atomic mass is 9.61. The molecule has 5 heteroatoms. The second-order valence-corrected chi connectivity index (χ2v) is 10.1. The van der Waals surface area contributed by atoms with E-state index in [9.17, 15) is 20.1 Å². The van der Waals surface area contributed by atoms with Gasteiger partial charge in [-0.2, -0.15) is 0 Å². The van der Waals surface area contributed by atoms with Crippen LogP contribution < -0.4 is 4.74 Å². The highest BCUT2D eigenvalue weighted by atomic mass is 16.5. The van der Waals surface area contributed by atoms with Crippen molar-refractivity contribution in [2.75, 3.05) is 0 Å². The summed E-state index contributed by atoms with van der Waals surface area (Å²) in [5, 5.41) is 31.4. The molecule has 0 spiro atoms. The Morgan fingerprint density at radius 1 is 1.21 bits per heavy atom. The summed E-state index contributed by atoms with van der Waals surface area (Å²) >= 11 is 0. The van der Waals surface area contributed by atoms with Crippen LogP contribution in [0.5, 0.6) is 5.75 Å². The van der Waals surface area contributed by atoms with Crippen molar-refractivity contribution in [3.63, 3.8) is 0 Å². The fourth-order valence-corrected chi connectivity index (χ4v) is 6.06. The molecule has 3 aliphatic rings. The molecule has 1 unspecified atom stereocenters. The van der Waals surface area contributed by atoms with Gasteiger partial charge in [0.15, 0.2) is 0 Å². The Kier molecular flexibility index (Phi) is 5.79. The molecule has 2 aromatic rings. The fourth-order valence-electron chi connectivity index (χ4n) is 6.06. The van der Waals surface area contributed by atoms with E-state index in [2.05, 4.69) is 31.2 Å². The third-order valence-electron chi connectivity index (χ3n) is 8.15. The van der Waals surface area contributed by atoms with Gasteiger partial charge in [0.25, 0.3) is 0 Å². The first kappa shape index (κ1) is 22.2. The smallest absolute Gasteiger partial charge is 0.335 e. The molecule has 0 saturated heterocycles. The molecule has 1 heterocycles. The molecule has 3 N–H and O–H groups in total. The van der Waals surface area contributed by atoms with Gasteiger partial charge < -0.3 is 20.1 Å². The van der Waals surface area contributed by atoms with Gasteiger partial charge in [-0.05, 0) is 55.9 Å². The number of aliphatic hydroxyl groups excluding tert-OH is 2. The number of fused-ring (bicyclic) bond motifs is 2. The van der Waals surface area contributed by atoms with E-state index in [4.69, 9.17) is 4.74 Å². The molecule has 174 valence electrons. The molecular weight excluding hydrogens is 416 g/mol. The highest BCUT2D eigenvalue weighted by Gasteiger charge is 2.46. The number of aryl methyl sites for hydroxylation is 2. The number of carbonyl (C=O) groups is 1. The van der Waals surface area contributed by atoms with Gasteiger partial charge in [0.2, 0.25) is 0 Å². The predicted octanol–water partition coefficient (Wildman–Crippen LogP) is 4.42. The number of hydrogen-bond donors (Lipinski definition) is 3. The molecule has 2 fully saturated rings. The third-order valence-corrected chi connectivity index (χ3v) is 8.15. The van der Waals surface area contributed by atoms with Crippen molar-refractivity contribution in [1.29, 1.82) is 0 Å². The van der Waals surface area contributed by atoms with Crippen molar-refractivity contribution in [3.05, 3.63) is 76.9 Å². The number of carboxylic acids is 1. The van der Waals surface area contributed by atoms with Crippen molar-refractivity contribution in [1.82, 2.24) is 0 Å². The Balaban J connectivity index is 1.34.